The van der Waals surface area contributed by atoms with Crippen LogP contribution in [0.2, 0.25) is 0 Å². The van der Waals surface area contributed by atoms with Crippen LogP contribution < -0.4 is 4.90 Å². The summed E-state index contributed by atoms with van der Waals surface area (Å²) in [7, 11) is 0. The first-order valence-electron chi connectivity index (χ1n) is 12.5. The number of nitro benzene ring substituents is 1. The third-order valence-corrected chi connectivity index (χ3v) is 6.55. The van der Waals surface area contributed by atoms with Crippen molar-refractivity contribution in [3.05, 3.63) is 86.6 Å². The molecule has 4 rings (SSSR count). The van der Waals surface area contributed by atoms with E-state index in [0.29, 0.717) is 0 Å². The summed E-state index contributed by atoms with van der Waals surface area (Å²) in [6.45, 7) is 9.50. The second-order valence-electron chi connectivity index (χ2n) is 8.74. The van der Waals surface area contributed by atoms with E-state index in [1.165, 1.54) is 40.2 Å². The number of anilines is 1. The number of rotatable bonds is 9. The molecule has 1 aliphatic carbocycles. The van der Waals surface area contributed by atoms with E-state index in [-0.39, 0.29) is 5.69 Å². The van der Waals surface area contributed by atoms with Crippen molar-refractivity contribution in [1.82, 2.24) is 4.90 Å². The van der Waals surface area contributed by atoms with Crippen LogP contribution in [0.25, 0.3) is 6.08 Å². The van der Waals surface area contributed by atoms with Crippen molar-refractivity contribution in [2.75, 3.05) is 44.3 Å². The van der Waals surface area contributed by atoms with E-state index in [1.54, 1.807) is 18.3 Å². The zero-order valence-electron chi connectivity index (χ0n) is 21.0. The maximum absolute atomic E-state index is 10.8. The molecule has 2 aromatic rings. The summed E-state index contributed by atoms with van der Waals surface area (Å²) in [6, 6.07) is 15.0. The van der Waals surface area contributed by atoms with Gasteiger partial charge >= 0.3 is 0 Å². The molecular formula is C28H33N5O3. The monoisotopic (exact) mass is 487 g/mol. The van der Waals surface area contributed by atoms with Gasteiger partial charge in [-0.05, 0) is 79.3 Å². The maximum atomic E-state index is 10.8. The molecule has 1 heterocycles. The van der Waals surface area contributed by atoms with E-state index >= 15 is 0 Å². The Kier molecular flexibility index (Phi) is 8.62. The van der Waals surface area contributed by atoms with Crippen molar-refractivity contribution in [3.8, 4) is 0 Å². The van der Waals surface area contributed by atoms with Gasteiger partial charge in [0.1, 0.15) is 0 Å². The lowest BCUT2D eigenvalue weighted by atomic mass is 10.1. The van der Waals surface area contributed by atoms with Crippen molar-refractivity contribution in [2.24, 2.45) is 10.2 Å². The molecule has 0 amide bonds. The second kappa shape index (κ2) is 12.3. The van der Waals surface area contributed by atoms with Crippen LogP contribution in [-0.2, 0) is 4.74 Å². The van der Waals surface area contributed by atoms with E-state index in [1.807, 2.05) is 6.21 Å². The fourth-order valence-electron chi connectivity index (χ4n) is 4.63. The van der Waals surface area contributed by atoms with Crippen LogP contribution in [0.5, 0.6) is 0 Å². The second-order valence-corrected chi connectivity index (χ2v) is 8.74. The lowest BCUT2D eigenvalue weighted by Crippen LogP contribution is -2.36. The molecule has 0 unspecified atom stereocenters. The largest absolute Gasteiger partial charge is 0.378 e. The Labute approximate surface area is 212 Å². The Morgan fingerprint density at radius 2 is 1.58 bits per heavy atom. The van der Waals surface area contributed by atoms with Crippen molar-refractivity contribution in [3.63, 3.8) is 0 Å². The van der Waals surface area contributed by atoms with E-state index in [0.717, 1.165) is 57.8 Å². The van der Waals surface area contributed by atoms with Gasteiger partial charge in [-0.2, -0.15) is 10.2 Å². The van der Waals surface area contributed by atoms with Crippen LogP contribution in [0.15, 0.2) is 75.6 Å². The Hall–Kier alpha value is -3.78. The fourth-order valence-corrected chi connectivity index (χ4v) is 4.63. The van der Waals surface area contributed by atoms with Crippen LogP contribution in [0, 0.1) is 10.1 Å². The zero-order valence-corrected chi connectivity index (χ0v) is 21.0. The zero-order chi connectivity index (χ0) is 25.3. The van der Waals surface area contributed by atoms with Crippen LogP contribution in [0.3, 0.4) is 0 Å². The smallest absolute Gasteiger partial charge is 0.269 e. The van der Waals surface area contributed by atoms with Gasteiger partial charge < -0.3 is 14.5 Å². The third kappa shape index (κ3) is 6.26. The Bertz CT molecular complexity index is 1160. The van der Waals surface area contributed by atoms with Gasteiger partial charge in [0.05, 0.1) is 30.6 Å². The van der Waals surface area contributed by atoms with Gasteiger partial charge in [-0.3, -0.25) is 10.1 Å². The number of ether oxygens (including phenoxy) is 1. The highest BCUT2D eigenvalue weighted by atomic mass is 16.6. The molecule has 2 aromatic carbocycles. The molecular weight excluding hydrogens is 454 g/mol. The normalized spacial score (nSPS) is 17.6. The number of hydrogen-bond acceptors (Lipinski definition) is 7. The topological polar surface area (TPSA) is 83.6 Å². The Balaban J connectivity index is 1.54. The minimum absolute atomic E-state index is 0.0592. The number of hydrogen-bond donors (Lipinski definition) is 0. The van der Waals surface area contributed by atoms with Gasteiger partial charge in [0.25, 0.3) is 5.69 Å². The minimum atomic E-state index is -0.413. The Morgan fingerprint density at radius 3 is 2.22 bits per heavy atom. The van der Waals surface area contributed by atoms with Gasteiger partial charge in [-0.25, -0.2) is 0 Å². The number of nitrogens with zero attached hydrogens (tertiary/aromatic N) is 5. The molecule has 188 valence electrons. The lowest BCUT2D eigenvalue weighted by molar-refractivity contribution is -0.384. The fraction of sp³-hybridized carbons (Fsp3) is 0.357. The third-order valence-electron chi connectivity index (χ3n) is 6.55. The minimum Gasteiger partial charge on any atom is -0.378 e. The standard InChI is InChI=1S/C28H33N5O3/c1-3-31(4-2)26-11-5-22(6-12-26)19-24-9-10-25(28(24)32-15-17-36-18-16-32)21-30-29-20-23-7-13-27(14-8-23)33(34)35/h5-8,11-14,19-21H,3-4,9-10,15-18H2,1-2H3/b24-19+,29-20-,30-21-. The molecule has 0 aromatic heterocycles. The first-order valence-corrected chi connectivity index (χ1v) is 12.5. The summed E-state index contributed by atoms with van der Waals surface area (Å²) in [4.78, 5) is 15.1. The molecule has 0 bridgehead atoms. The van der Waals surface area contributed by atoms with Crippen LogP contribution in [0.1, 0.15) is 37.8 Å². The molecule has 1 fully saturated rings. The van der Waals surface area contributed by atoms with Crippen LogP contribution in [-0.4, -0.2) is 61.6 Å². The van der Waals surface area contributed by atoms with Gasteiger partial charge in [0.2, 0.25) is 0 Å². The predicted octanol–water partition coefficient (Wildman–Crippen LogP) is 5.31. The number of morpholine rings is 1. The van der Waals surface area contributed by atoms with Crippen LogP contribution in [0.4, 0.5) is 11.4 Å². The molecule has 0 spiro atoms. The average Bonchev–Trinajstić information content (AvgIpc) is 3.31. The molecule has 0 radical (unpaired) electrons. The summed E-state index contributed by atoms with van der Waals surface area (Å²) >= 11 is 0. The molecule has 0 saturated carbocycles. The first-order chi connectivity index (χ1) is 17.6. The van der Waals surface area contributed by atoms with Crippen LogP contribution >= 0.6 is 0 Å². The number of non-ortho nitro benzene ring substituents is 1. The quantitative estimate of drug-likeness (QED) is 0.272. The molecule has 2 aliphatic rings. The molecule has 1 saturated heterocycles. The number of benzene rings is 2. The van der Waals surface area contributed by atoms with Gasteiger partial charge in [0, 0.05) is 49.7 Å². The number of allylic oxidation sites excluding steroid dienone is 2. The lowest BCUT2D eigenvalue weighted by Gasteiger charge is -2.31. The van der Waals surface area contributed by atoms with E-state index < -0.39 is 4.92 Å². The van der Waals surface area contributed by atoms with Crippen molar-refractivity contribution in [1.29, 1.82) is 0 Å². The average molecular weight is 488 g/mol. The van der Waals surface area contributed by atoms with Gasteiger partial charge in [-0.1, -0.05) is 12.1 Å². The molecule has 1 aliphatic heterocycles. The predicted molar refractivity (Wildman–Crippen MR) is 146 cm³/mol. The highest BCUT2D eigenvalue weighted by Crippen LogP contribution is 2.35. The van der Waals surface area contributed by atoms with Gasteiger partial charge in [-0.15, -0.1) is 0 Å². The first kappa shape index (κ1) is 25.3. The van der Waals surface area contributed by atoms with E-state index in [9.17, 15) is 10.1 Å². The van der Waals surface area contributed by atoms with Crippen molar-refractivity contribution >= 4 is 29.9 Å². The highest BCUT2D eigenvalue weighted by Gasteiger charge is 2.25. The summed E-state index contributed by atoms with van der Waals surface area (Å²) in [6.07, 6.45) is 7.61. The molecule has 0 N–H and O–H groups in total. The number of nitro groups is 1. The van der Waals surface area contributed by atoms with Crippen molar-refractivity contribution < 1.29 is 9.66 Å². The SMILES string of the molecule is CCN(CC)c1ccc(/C=C2\CCC(/C=N\N=C/c3ccc([N+](=O)[O-])cc3)=C2N2CCOCC2)cc1. The highest BCUT2D eigenvalue weighted by molar-refractivity contribution is 5.85. The van der Waals surface area contributed by atoms with E-state index in [2.05, 4.69) is 64.2 Å². The summed E-state index contributed by atoms with van der Waals surface area (Å²) < 4.78 is 5.59. The maximum Gasteiger partial charge on any atom is 0.269 e. The summed E-state index contributed by atoms with van der Waals surface area (Å²) in [5.41, 5.74) is 6.99. The van der Waals surface area contributed by atoms with Crippen molar-refractivity contribution in [2.45, 2.75) is 26.7 Å². The summed E-state index contributed by atoms with van der Waals surface area (Å²) in [5, 5.41) is 19.3. The Morgan fingerprint density at radius 1 is 0.944 bits per heavy atom. The molecule has 0 atom stereocenters. The molecule has 8 nitrogen and oxygen atoms in total. The van der Waals surface area contributed by atoms with E-state index in [4.69, 9.17) is 4.74 Å². The molecule has 36 heavy (non-hydrogen) atoms. The molecule has 8 heteroatoms. The summed E-state index contributed by atoms with van der Waals surface area (Å²) in [5.74, 6) is 0. The van der Waals surface area contributed by atoms with Gasteiger partial charge in [0.15, 0.2) is 0 Å².